The lowest BCUT2D eigenvalue weighted by atomic mass is 9.98. The lowest BCUT2D eigenvalue weighted by Crippen LogP contribution is -2.42. The molecule has 1 aromatic rings. The molecular weight excluding hydrogens is 254 g/mol. The van der Waals surface area contributed by atoms with Gasteiger partial charge in [-0.3, -0.25) is 9.59 Å². The molecule has 0 saturated carbocycles. The molecule has 0 spiro atoms. The van der Waals surface area contributed by atoms with Gasteiger partial charge < -0.3 is 10.0 Å². The summed E-state index contributed by atoms with van der Waals surface area (Å²) >= 11 is 0. The molecule has 20 heavy (non-hydrogen) atoms. The monoisotopic (exact) mass is 275 g/mol. The lowest BCUT2D eigenvalue weighted by molar-refractivity contribution is -0.145. The van der Waals surface area contributed by atoms with Crippen LogP contribution in [0.1, 0.15) is 31.2 Å². The second-order valence-electron chi connectivity index (χ2n) is 5.36. The Morgan fingerprint density at radius 3 is 2.70 bits per heavy atom. The van der Waals surface area contributed by atoms with Crippen LogP contribution in [0.25, 0.3) is 0 Å². The van der Waals surface area contributed by atoms with Crippen LogP contribution in [0.15, 0.2) is 30.3 Å². The Bertz CT molecular complexity index is 458. The van der Waals surface area contributed by atoms with E-state index in [0.29, 0.717) is 25.9 Å². The van der Waals surface area contributed by atoms with Crippen LogP contribution in [0.3, 0.4) is 0 Å². The first-order valence-electron chi connectivity index (χ1n) is 7.21. The fraction of sp³-hybridized carbons (Fsp3) is 0.500. The number of amides is 1. The maximum absolute atomic E-state index is 12.1. The van der Waals surface area contributed by atoms with E-state index in [9.17, 15) is 9.59 Å². The minimum absolute atomic E-state index is 0.0897. The number of carboxylic acid groups (broad SMARTS) is 1. The Kier molecular flexibility index (Phi) is 5.16. The topological polar surface area (TPSA) is 57.6 Å². The average molecular weight is 275 g/mol. The normalized spacial score (nSPS) is 18.8. The lowest BCUT2D eigenvalue weighted by Gasteiger charge is -2.30. The van der Waals surface area contributed by atoms with E-state index in [4.69, 9.17) is 5.11 Å². The Morgan fingerprint density at radius 2 is 2.00 bits per heavy atom. The quantitative estimate of drug-likeness (QED) is 0.897. The average Bonchev–Trinajstić information content (AvgIpc) is 2.48. The van der Waals surface area contributed by atoms with Crippen LogP contribution < -0.4 is 0 Å². The fourth-order valence-corrected chi connectivity index (χ4v) is 2.65. The molecule has 0 aliphatic carbocycles. The zero-order valence-corrected chi connectivity index (χ0v) is 11.6. The zero-order chi connectivity index (χ0) is 14.4. The second kappa shape index (κ2) is 7.08. The van der Waals surface area contributed by atoms with E-state index in [-0.39, 0.29) is 11.8 Å². The molecular formula is C16H21NO3. The van der Waals surface area contributed by atoms with E-state index >= 15 is 0 Å². The van der Waals surface area contributed by atoms with E-state index in [1.54, 1.807) is 4.90 Å². The summed E-state index contributed by atoms with van der Waals surface area (Å²) in [5, 5.41) is 9.02. The molecule has 4 heteroatoms. The summed E-state index contributed by atoms with van der Waals surface area (Å²) in [6, 6.07) is 10.1. The molecule has 0 unspecified atom stereocenters. The number of aryl methyl sites for hydroxylation is 1. The number of nitrogens with zero attached hydrogens (tertiary/aromatic N) is 1. The van der Waals surface area contributed by atoms with E-state index in [0.717, 1.165) is 19.3 Å². The summed E-state index contributed by atoms with van der Waals surface area (Å²) in [7, 11) is 0. The standard InChI is InChI=1S/C16H21NO3/c18-15(10-4-8-13-6-2-1-3-7-13)17-11-5-9-14(12-17)16(19)20/h1-3,6-7,14H,4-5,8-12H2,(H,19,20)/t14-/m0/s1. The molecule has 1 heterocycles. The molecule has 1 saturated heterocycles. The van der Waals surface area contributed by atoms with Gasteiger partial charge in [0.2, 0.25) is 5.91 Å². The van der Waals surface area contributed by atoms with Crippen LogP contribution in [0.4, 0.5) is 0 Å². The van der Waals surface area contributed by atoms with Gasteiger partial charge in [-0.1, -0.05) is 30.3 Å². The van der Waals surface area contributed by atoms with Gasteiger partial charge in [-0.25, -0.2) is 0 Å². The highest BCUT2D eigenvalue weighted by Gasteiger charge is 2.27. The molecule has 1 N–H and O–H groups in total. The molecule has 0 aromatic heterocycles. The number of carbonyl (C=O) groups is 2. The molecule has 1 atom stereocenters. The highest BCUT2D eigenvalue weighted by Crippen LogP contribution is 2.18. The predicted octanol–water partition coefficient (Wildman–Crippen LogP) is 2.33. The van der Waals surface area contributed by atoms with Crippen molar-refractivity contribution < 1.29 is 14.7 Å². The van der Waals surface area contributed by atoms with Crippen molar-refractivity contribution in [2.45, 2.75) is 32.1 Å². The summed E-state index contributed by atoms with van der Waals surface area (Å²) in [6.45, 7) is 1.08. The van der Waals surface area contributed by atoms with Crippen molar-refractivity contribution >= 4 is 11.9 Å². The number of rotatable bonds is 5. The van der Waals surface area contributed by atoms with Crippen LogP contribution in [0.5, 0.6) is 0 Å². The van der Waals surface area contributed by atoms with E-state index in [1.807, 2.05) is 18.2 Å². The van der Waals surface area contributed by atoms with E-state index in [2.05, 4.69) is 12.1 Å². The molecule has 108 valence electrons. The Balaban J connectivity index is 1.75. The number of hydrogen-bond donors (Lipinski definition) is 1. The van der Waals surface area contributed by atoms with Crippen molar-refractivity contribution in [2.24, 2.45) is 5.92 Å². The van der Waals surface area contributed by atoms with Gasteiger partial charge in [0.1, 0.15) is 0 Å². The predicted molar refractivity (Wildman–Crippen MR) is 76.3 cm³/mol. The summed E-state index contributed by atoms with van der Waals surface area (Å²) in [4.78, 5) is 24.8. The van der Waals surface area contributed by atoms with Crippen LogP contribution >= 0.6 is 0 Å². The molecule has 0 bridgehead atoms. The van der Waals surface area contributed by atoms with Gasteiger partial charge in [-0.05, 0) is 31.2 Å². The molecule has 4 nitrogen and oxygen atoms in total. The van der Waals surface area contributed by atoms with Gasteiger partial charge in [0.25, 0.3) is 0 Å². The maximum Gasteiger partial charge on any atom is 0.308 e. The number of aliphatic carboxylic acids is 1. The SMILES string of the molecule is O=C(O)[C@H]1CCCN(C(=O)CCCc2ccccc2)C1. The maximum atomic E-state index is 12.1. The molecule has 1 aliphatic heterocycles. The Labute approximate surface area is 119 Å². The minimum Gasteiger partial charge on any atom is -0.481 e. The van der Waals surface area contributed by atoms with Crippen molar-refractivity contribution in [1.29, 1.82) is 0 Å². The smallest absolute Gasteiger partial charge is 0.308 e. The molecule has 1 amide bonds. The number of benzene rings is 1. The van der Waals surface area contributed by atoms with Gasteiger partial charge in [0.05, 0.1) is 5.92 Å². The van der Waals surface area contributed by atoms with Crippen molar-refractivity contribution in [3.63, 3.8) is 0 Å². The number of likely N-dealkylation sites (tertiary alicyclic amines) is 1. The molecule has 1 fully saturated rings. The van der Waals surface area contributed by atoms with Crippen LogP contribution in [-0.4, -0.2) is 35.0 Å². The Morgan fingerprint density at radius 1 is 1.25 bits per heavy atom. The minimum atomic E-state index is -0.785. The number of piperidine rings is 1. The summed E-state index contributed by atoms with van der Waals surface area (Å²) in [6.07, 6.45) is 3.69. The van der Waals surface area contributed by atoms with Crippen LogP contribution in [-0.2, 0) is 16.0 Å². The first-order chi connectivity index (χ1) is 9.66. The third kappa shape index (κ3) is 4.08. The third-order valence-electron chi connectivity index (χ3n) is 3.82. The number of hydrogen-bond acceptors (Lipinski definition) is 2. The second-order valence-corrected chi connectivity index (χ2v) is 5.36. The highest BCUT2D eigenvalue weighted by molar-refractivity contribution is 5.78. The Hall–Kier alpha value is -1.84. The molecule has 1 aliphatic rings. The van der Waals surface area contributed by atoms with Gasteiger partial charge in [-0.15, -0.1) is 0 Å². The molecule has 2 rings (SSSR count). The van der Waals surface area contributed by atoms with Crippen molar-refractivity contribution in [1.82, 2.24) is 4.90 Å². The molecule has 0 radical (unpaired) electrons. The van der Waals surface area contributed by atoms with E-state index in [1.165, 1.54) is 5.56 Å². The van der Waals surface area contributed by atoms with Gasteiger partial charge in [0, 0.05) is 19.5 Å². The van der Waals surface area contributed by atoms with Gasteiger partial charge in [-0.2, -0.15) is 0 Å². The van der Waals surface area contributed by atoms with Crippen LogP contribution in [0, 0.1) is 5.92 Å². The molecule has 1 aromatic carbocycles. The zero-order valence-electron chi connectivity index (χ0n) is 11.6. The summed E-state index contributed by atoms with van der Waals surface area (Å²) in [5.41, 5.74) is 1.24. The third-order valence-corrected chi connectivity index (χ3v) is 3.82. The number of carboxylic acids is 1. The fourth-order valence-electron chi connectivity index (χ4n) is 2.65. The summed E-state index contributed by atoms with van der Waals surface area (Å²) in [5.74, 6) is -1.08. The van der Waals surface area contributed by atoms with E-state index < -0.39 is 5.97 Å². The van der Waals surface area contributed by atoms with Crippen LogP contribution in [0.2, 0.25) is 0 Å². The van der Waals surface area contributed by atoms with Gasteiger partial charge >= 0.3 is 5.97 Å². The van der Waals surface area contributed by atoms with Crippen molar-refractivity contribution in [3.8, 4) is 0 Å². The van der Waals surface area contributed by atoms with Gasteiger partial charge in [0.15, 0.2) is 0 Å². The first-order valence-corrected chi connectivity index (χ1v) is 7.21. The highest BCUT2D eigenvalue weighted by atomic mass is 16.4. The largest absolute Gasteiger partial charge is 0.481 e. The summed E-state index contributed by atoms with van der Waals surface area (Å²) < 4.78 is 0. The van der Waals surface area contributed by atoms with Crippen molar-refractivity contribution in [3.05, 3.63) is 35.9 Å². The number of carbonyl (C=O) groups excluding carboxylic acids is 1. The first kappa shape index (κ1) is 14.6. The van der Waals surface area contributed by atoms with Crippen molar-refractivity contribution in [2.75, 3.05) is 13.1 Å².